The summed E-state index contributed by atoms with van der Waals surface area (Å²) in [7, 11) is 0. The molecule has 1 heterocycles. The molecule has 0 aliphatic carbocycles. The summed E-state index contributed by atoms with van der Waals surface area (Å²) >= 11 is 0. The molecule has 0 N–H and O–H groups in total. The highest BCUT2D eigenvalue weighted by Gasteiger charge is 1.97. The van der Waals surface area contributed by atoms with Crippen molar-refractivity contribution in [2.75, 3.05) is 0 Å². The van der Waals surface area contributed by atoms with E-state index in [9.17, 15) is 4.39 Å². The Hall–Kier alpha value is -0.960. The van der Waals surface area contributed by atoms with Gasteiger partial charge in [0.15, 0.2) is 0 Å². The van der Waals surface area contributed by atoms with E-state index in [0.717, 1.165) is 5.69 Å². The minimum absolute atomic E-state index is 0.178. The number of hydrogen-bond acceptors (Lipinski definition) is 2. The third-order valence-corrected chi connectivity index (χ3v) is 1.35. The summed E-state index contributed by atoms with van der Waals surface area (Å²) in [4.78, 5) is 3.85. The molecule has 0 bridgehead atoms. The maximum absolute atomic E-state index is 12.4. The van der Waals surface area contributed by atoms with Gasteiger partial charge in [0.1, 0.15) is 5.82 Å². The zero-order chi connectivity index (χ0) is 8.97. The second-order valence-corrected chi connectivity index (χ2v) is 2.83. The van der Waals surface area contributed by atoms with Crippen molar-refractivity contribution >= 4 is 0 Å². The Kier molecular flexibility index (Phi) is 3.17. The predicted molar refractivity (Wildman–Crippen MR) is 44.1 cm³/mol. The molecule has 0 unspecified atom stereocenters. The third kappa shape index (κ3) is 2.96. The predicted octanol–water partition coefficient (Wildman–Crippen LogP) is 2.15. The highest BCUT2D eigenvalue weighted by molar-refractivity contribution is 5.03. The van der Waals surface area contributed by atoms with Crippen LogP contribution in [-0.4, -0.2) is 11.1 Å². The van der Waals surface area contributed by atoms with Gasteiger partial charge in [0.2, 0.25) is 0 Å². The first kappa shape index (κ1) is 9.13. The fourth-order valence-corrected chi connectivity index (χ4v) is 0.744. The first-order valence-electron chi connectivity index (χ1n) is 3.90. The van der Waals surface area contributed by atoms with Crippen LogP contribution in [0.15, 0.2) is 18.3 Å². The summed E-state index contributed by atoms with van der Waals surface area (Å²) in [5.74, 6) is -0.316. The van der Waals surface area contributed by atoms with Crippen LogP contribution >= 0.6 is 0 Å². The van der Waals surface area contributed by atoms with Gasteiger partial charge in [-0.05, 0) is 26.0 Å². The first-order chi connectivity index (χ1) is 5.68. The van der Waals surface area contributed by atoms with Crippen LogP contribution in [0.1, 0.15) is 19.5 Å². The van der Waals surface area contributed by atoms with E-state index < -0.39 is 0 Å². The summed E-state index contributed by atoms with van der Waals surface area (Å²) in [5, 5.41) is 0. The van der Waals surface area contributed by atoms with Gasteiger partial charge in [-0.15, -0.1) is 0 Å². The zero-order valence-corrected chi connectivity index (χ0v) is 7.25. The van der Waals surface area contributed by atoms with Gasteiger partial charge in [-0.1, -0.05) is 0 Å². The molecule has 2 nitrogen and oxygen atoms in total. The van der Waals surface area contributed by atoms with Gasteiger partial charge in [-0.2, -0.15) is 0 Å². The van der Waals surface area contributed by atoms with Crippen LogP contribution in [0.5, 0.6) is 0 Å². The van der Waals surface area contributed by atoms with Gasteiger partial charge < -0.3 is 4.74 Å². The standard InChI is InChI=1S/C9H12FNO/c1-7(2)12-6-9-4-3-8(10)5-11-9/h3-5,7H,6H2,1-2H3. The first-order valence-corrected chi connectivity index (χ1v) is 3.90. The normalized spacial score (nSPS) is 10.7. The summed E-state index contributed by atoms with van der Waals surface area (Å²) in [5.41, 5.74) is 0.755. The molecule has 0 spiro atoms. The summed E-state index contributed by atoms with van der Waals surface area (Å²) in [6.07, 6.45) is 1.37. The summed E-state index contributed by atoms with van der Waals surface area (Å²) < 4.78 is 17.7. The Labute approximate surface area is 71.4 Å². The van der Waals surface area contributed by atoms with Crippen LogP contribution in [0.4, 0.5) is 4.39 Å². The Bertz CT molecular complexity index is 233. The van der Waals surface area contributed by atoms with E-state index in [1.165, 1.54) is 12.3 Å². The highest BCUT2D eigenvalue weighted by Crippen LogP contribution is 2.01. The van der Waals surface area contributed by atoms with E-state index in [-0.39, 0.29) is 11.9 Å². The van der Waals surface area contributed by atoms with Crippen LogP contribution in [0.3, 0.4) is 0 Å². The molecule has 1 rings (SSSR count). The minimum atomic E-state index is -0.316. The van der Waals surface area contributed by atoms with Crippen molar-refractivity contribution in [3.05, 3.63) is 29.8 Å². The van der Waals surface area contributed by atoms with Gasteiger partial charge in [-0.25, -0.2) is 4.39 Å². The third-order valence-electron chi connectivity index (χ3n) is 1.35. The average molecular weight is 169 g/mol. The molecule has 0 fully saturated rings. The van der Waals surface area contributed by atoms with Gasteiger partial charge in [-0.3, -0.25) is 4.98 Å². The van der Waals surface area contributed by atoms with Crippen LogP contribution in [-0.2, 0) is 11.3 Å². The SMILES string of the molecule is CC(C)OCc1ccc(F)cn1. The average Bonchev–Trinajstić information content (AvgIpc) is 2.03. The largest absolute Gasteiger partial charge is 0.373 e. The van der Waals surface area contributed by atoms with E-state index in [2.05, 4.69) is 4.98 Å². The lowest BCUT2D eigenvalue weighted by Gasteiger charge is -2.05. The molecule has 0 saturated heterocycles. The molecule has 0 aromatic carbocycles. The molecule has 0 aliphatic heterocycles. The molecular formula is C9H12FNO. The summed E-state index contributed by atoms with van der Waals surface area (Å²) in [6.45, 7) is 4.34. The summed E-state index contributed by atoms with van der Waals surface area (Å²) in [6, 6.07) is 3.00. The Morgan fingerprint density at radius 1 is 1.50 bits per heavy atom. The molecule has 1 aromatic heterocycles. The Balaban J connectivity index is 2.48. The van der Waals surface area contributed by atoms with E-state index in [1.807, 2.05) is 13.8 Å². The molecule has 0 amide bonds. The number of aromatic nitrogens is 1. The van der Waals surface area contributed by atoms with Gasteiger partial charge >= 0.3 is 0 Å². The molecule has 1 aromatic rings. The topological polar surface area (TPSA) is 22.1 Å². The highest BCUT2D eigenvalue weighted by atomic mass is 19.1. The van der Waals surface area contributed by atoms with Crippen molar-refractivity contribution in [3.8, 4) is 0 Å². The number of rotatable bonds is 3. The van der Waals surface area contributed by atoms with Gasteiger partial charge in [0.25, 0.3) is 0 Å². The lowest BCUT2D eigenvalue weighted by molar-refractivity contribution is 0.0635. The number of pyridine rings is 1. The van der Waals surface area contributed by atoms with Crippen molar-refractivity contribution < 1.29 is 9.13 Å². The quantitative estimate of drug-likeness (QED) is 0.691. The number of hydrogen-bond donors (Lipinski definition) is 0. The number of ether oxygens (including phenoxy) is 1. The van der Waals surface area contributed by atoms with Crippen LogP contribution in [0.2, 0.25) is 0 Å². The second kappa shape index (κ2) is 4.16. The van der Waals surface area contributed by atoms with Gasteiger partial charge in [0, 0.05) is 0 Å². The Morgan fingerprint density at radius 3 is 2.75 bits per heavy atom. The minimum Gasteiger partial charge on any atom is -0.373 e. The number of nitrogens with zero attached hydrogens (tertiary/aromatic N) is 1. The van der Waals surface area contributed by atoms with Crippen LogP contribution < -0.4 is 0 Å². The van der Waals surface area contributed by atoms with Crippen molar-refractivity contribution in [2.45, 2.75) is 26.6 Å². The van der Waals surface area contributed by atoms with Gasteiger partial charge in [0.05, 0.1) is 24.6 Å². The molecule has 0 saturated carbocycles. The monoisotopic (exact) mass is 169 g/mol. The molecule has 0 radical (unpaired) electrons. The zero-order valence-electron chi connectivity index (χ0n) is 7.25. The fourth-order valence-electron chi connectivity index (χ4n) is 0.744. The lowest BCUT2D eigenvalue weighted by Crippen LogP contribution is -2.03. The molecule has 66 valence electrons. The molecule has 0 aliphatic rings. The fraction of sp³-hybridized carbons (Fsp3) is 0.444. The van der Waals surface area contributed by atoms with E-state index in [4.69, 9.17) is 4.74 Å². The van der Waals surface area contributed by atoms with Crippen molar-refractivity contribution in [1.82, 2.24) is 4.98 Å². The van der Waals surface area contributed by atoms with Crippen LogP contribution in [0, 0.1) is 5.82 Å². The van der Waals surface area contributed by atoms with E-state index >= 15 is 0 Å². The van der Waals surface area contributed by atoms with Crippen molar-refractivity contribution in [3.63, 3.8) is 0 Å². The Morgan fingerprint density at radius 2 is 2.25 bits per heavy atom. The molecule has 0 atom stereocenters. The van der Waals surface area contributed by atoms with Crippen molar-refractivity contribution in [1.29, 1.82) is 0 Å². The van der Waals surface area contributed by atoms with E-state index in [0.29, 0.717) is 6.61 Å². The van der Waals surface area contributed by atoms with Crippen LogP contribution in [0.25, 0.3) is 0 Å². The van der Waals surface area contributed by atoms with Crippen molar-refractivity contribution in [2.24, 2.45) is 0 Å². The molecule has 12 heavy (non-hydrogen) atoms. The lowest BCUT2D eigenvalue weighted by atomic mass is 10.3. The molecular weight excluding hydrogens is 157 g/mol. The molecule has 3 heteroatoms. The van der Waals surface area contributed by atoms with E-state index in [1.54, 1.807) is 6.07 Å². The number of halogens is 1. The maximum Gasteiger partial charge on any atom is 0.141 e. The maximum atomic E-state index is 12.4. The second-order valence-electron chi connectivity index (χ2n) is 2.83. The smallest absolute Gasteiger partial charge is 0.141 e.